The van der Waals surface area contributed by atoms with Gasteiger partial charge in [0.15, 0.2) is 0 Å². The van der Waals surface area contributed by atoms with Crippen LogP contribution in [0.15, 0.2) is 30.3 Å². The van der Waals surface area contributed by atoms with Crippen LogP contribution < -0.4 is 5.73 Å². The molecule has 4 nitrogen and oxygen atoms in total. The lowest BCUT2D eigenvalue weighted by atomic mass is 10.0. The zero-order valence-corrected chi connectivity index (χ0v) is 12.8. The molecular weight excluding hydrogens is 266 g/mol. The monoisotopic (exact) mass is 293 g/mol. The summed E-state index contributed by atoms with van der Waals surface area (Å²) in [5, 5.41) is 10.0. The van der Waals surface area contributed by atoms with Crippen LogP contribution in [0, 0.1) is 0 Å². The maximum Gasteiger partial charge on any atom is 0.325 e. The molecule has 2 atom stereocenters. The van der Waals surface area contributed by atoms with Crippen LogP contribution in [0.2, 0.25) is 0 Å². The molecule has 0 aliphatic heterocycles. The summed E-state index contributed by atoms with van der Waals surface area (Å²) in [5.74, 6) is -0.542. The fraction of sp³-hybridized carbons (Fsp3) is 0.588. The second-order valence-electron chi connectivity index (χ2n) is 5.32. The molecule has 118 valence electrons. The molecule has 0 aromatic heterocycles. The van der Waals surface area contributed by atoms with Gasteiger partial charge in [0.2, 0.25) is 0 Å². The van der Waals surface area contributed by atoms with Gasteiger partial charge in [0.25, 0.3) is 0 Å². The van der Waals surface area contributed by atoms with E-state index in [1.165, 1.54) is 25.7 Å². The number of hydrogen-bond acceptors (Lipinski definition) is 4. The van der Waals surface area contributed by atoms with Crippen molar-refractivity contribution in [3.8, 4) is 0 Å². The molecule has 1 aromatic carbocycles. The number of rotatable bonds is 10. The SMILES string of the molecule is CCCCCCCCOC(=O)C(N)C(O)c1ccccc1. The highest BCUT2D eigenvalue weighted by Crippen LogP contribution is 2.16. The lowest BCUT2D eigenvalue weighted by molar-refractivity contribution is -0.148. The second kappa shape index (κ2) is 10.4. The number of benzene rings is 1. The van der Waals surface area contributed by atoms with E-state index in [1.54, 1.807) is 24.3 Å². The van der Waals surface area contributed by atoms with Crippen LogP contribution >= 0.6 is 0 Å². The number of unbranched alkanes of at least 4 members (excludes halogenated alkanes) is 5. The molecule has 3 N–H and O–H groups in total. The number of ether oxygens (including phenoxy) is 1. The Hall–Kier alpha value is -1.39. The first-order valence-electron chi connectivity index (χ1n) is 7.82. The van der Waals surface area contributed by atoms with Gasteiger partial charge in [-0.2, -0.15) is 0 Å². The molecule has 0 bridgehead atoms. The van der Waals surface area contributed by atoms with Gasteiger partial charge in [0, 0.05) is 0 Å². The highest BCUT2D eigenvalue weighted by molar-refractivity contribution is 5.76. The molecule has 1 aromatic rings. The van der Waals surface area contributed by atoms with E-state index in [2.05, 4.69) is 6.92 Å². The average molecular weight is 293 g/mol. The highest BCUT2D eigenvalue weighted by atomic mass is 16.5. The van der Waals surface area contributed by atoms with Crippen LogP contribution in [-0.4, -0.2) is 23.7 Å². The van der Waals surface area contributed by atoms with Gasteiger partial charge >= 0.3 is 5.97 Å². The Balaban J connectivity index is 2.22. The Kier molecular flexibility index (Phi) is 8.71. The summed E-state index contributed by atoms with van der Waals surface area (Å²) in [7, 11) is 0. The number of esters is 1. The maximum absolute atomic E-state index is 11.8. The summed E-state index contributed by atoms with van der Waals surface area (Å²) < 4.78 is 5.13. The quantitative estimate of drug-likeness (QED) is 0.514. The van der Waals surface area contributed by atoms with E-state index in [0.717, 1.165) is 12.8 Å². The summed E-state index contributed by atoms with van der Waals surface area (Å²) in [6, 6.07) is 7.89. The molecule has 21 heavy (non-hydrogen) atoms. The predicted molar refractivity (Wildman–Crippen MR) is 83.7 cm³/mol. The Morgan fingerprint density at radius 3 is 2.43 bits per heavy atom. The standard InChI is InChI=1S/C17H27NO3/c1-2-3-4-5-6-10-13-21-17(20)15(18)16(19)14-11-8-7-9-12-14/h7-9,11-12,15-16,19H,2-6,10,13,18H2,1H3. The van der Waals surface area contributed by atoms with Crippen LogP contribution in [0.3, 0.4) is 0 Å². The molecule has 0 saturated carbocycles. The second-order valence-corrected chi connectivity index (χ2v) is 5.32. The van der Waals surface area contributed by atoms with E-state index in [4.69, 9.17) is 10.5 Å². The van der Waals surface area contributed by atoms with Crippen LogP contribution in [0.25, 0.3) is 0 Å². The Bertz CT molecular complexity index is 394. The molecule has 0 fully saturated rings. The van der Waals surface area contributed by atoms with Gasteiger partial charge in [-0.05, 0) is 12.0 Å². The number of nitrogens with two attached hydrogens (primary N) is 1. The van der Waals surface area contributed by atoms with Gasteiger partial charge < -0.3 is 15.6 Å². The summed E-state index contributed by atoms with van der Waals surface area (Å²) in [6.45, 7) is 2.56. The van der Waals surface area contributed by atoms with Crippen molar-refractivity contribution in [3.63, 3.8) is 0 Å². The number of aliphatic hydroxyl groups excluding tert-OH is 1. The fourth-order valence-electron chi connectivity index (χ4n) is 2.14. The molecule has 0 heterocycles. The van der Waals surface area contributed by atoms with Crippen LogP contribution in [0.5, 0.6) is 0 Å². The number of aliphatic hydroxyl groups is 1. The van der Waals surface area contributed by atoms with Crippen molar-refractivity contribution >= 4 is 5.97 Å². The third-order valence-corrected chi connectivity index (χ3v) is 3.50. The Labute approximate surface area is 127 Å². The summed E-state index contributed by atoms with van der Waals surface area (Å²) in [5.41, 5.74) is 6.38. The van der Waals surface area contributed by atoms with Crippen LogP contribution in [-0.2, 0) is 9.53 Å². The van der Waals surface area contributed by atoms with E-state index in [9.17, 15) is 9.90 Å². The van der Waals surface area contributed by atoms with Crippen molar-refractivity contribution in [2.24, 2.45) is 5.73 Å². The molecule has 0 aliphatic carbocycles. The summed E-state index contributed by atoms with van der Waals surface area (Å²) in [4.78, 5) is 11.8. The smallest absolute Gasteiger partial charge is 0.325 e. The lowest BCUT2D eigenvalue weighted by Crippen LogP contribution is -2.38. The van der Waals surface area contributed by atoms with Crippen LogP contribution in [0.4, 0.5) is 0 Å². The zero-order valence-electron chi connectivity index (χ0n) is 12.8. The predicted octanol–water partition coefficient (Wildman–Crippen LogP) is 2.95. The van der Waals surface area contributed by atoms with Gasteiger partial charge in [-0.15, -0.1) is 0 Å². The third kappa shape index (κ3) is 6.74. The number of carbonyl (C=O) groups is 1. The normalized spacial score (nSPS) is 13.7. The van der Waals surface area contributed by atoms with Gasteiger partial charge in [0.05, 0.1) is 6.61 Å². The van der Waals surface area contributed by atoms with Crippen LogP contribution in [0.1, 0.15) is 57.1 Å². The van der Waals surface area contributed by atoms with E-state index in [-0.39, 0.29) is 0 Å². The van der Waals surface area contributed by atoms with Crippen molar-refractivity contribution in [1.29, 1.82) is 0 Å². The largest absolute Gasteiger partial charge is 0.464 e. The van der Waals surface area contributed by atoms with E-state index in [0.29, 0.717) is 12.2 Å². The molecule has 0 radical (unpaired) electrons. The molecule has 0 amide bonds. The van der Waals surface area contributed by atoms with Crippen molar-refractivity contribution < 1.29 is 14.6 Å². The molecular formula is C17H27NO3. The van der Waals surface area contributed by atoms with Gasteiger partial charge in [-0.25, -0.2) is 0 Å². The Morgan fingerprint density at radius 2 is 1.76 bits per heavy atom. The third-order valence-electron chi connectivity index (χ3n) is 3.50. The lowest BCUT2D eigenvalue weighted by Gasteiger charge is -2.18. The maximum atomic E-state index is 11.8. The van der Waals surface area contributed by atoms with Gasteiger partial charge in [0.1, 0.15) is 12.1 Å². The summed E-state index contributed by atoms with van der Waals surface area (Å²) in [6.07, 6.45) is 5.77. The minimum absolute atomic E-state index is 0.375. The molecule has 2 unspecified atom stereocenters. The first-order valence-corrected chi connectivity index (χ1v) is 7.82. The van der Waals surface area contributed by atoms with Crippen molar-refractivity contribution in [2.75, 3.05) is 6.61 Å². The number of carbonyl (C=O) groups excluding carboxylic acids is 1. The van der Waals surface area contributed by atoms with Gasteiger partial charge in [-0.1, -0.05) is 69.4 Å². The minimum Gasteiger partial charge on any atom is -0.464 e. The molecule has 1 rings (SSSR count). The first-order chi connectivity index (χ1) is 10.2. The fourth-order valence-corrected chi connectivity index (χ4v) is 2.14. The average Bonchev–Trinajstić information content (AvgIpc) is 2.53. The van der Waals surface area contributed by atoms with E-state index < -0.39 is 18.1 Å². The van der Waals surface area contributed by atoms with Crippen molar-refractivity contribution in [2.45, 2.75) is 57.6 Å². The molecule has 0 spiro atoms. The van der Waals surface area contributed by atoms with Crippen molar-refractivity contribution in [3.05, 3.63) is 35.9 Å². The first kappa shape index (κ1) is 17.7. The highest BCUT2D eigenvalue weighted by Gasteiger charge is 2.25. The molecule has 0 saturated heterocycles. The summed E-state index contributed by atoms with van der Waals surface area (Å²) >= 11 is 0. The van der Waals surface area contributed by atoms with Crippen molar-refractivity contribution in [1.82, 2.24) is 0 Å². The minimum atomic E-state index is -1.03. The Morgan fingerprint density at radius 1 is 1.14 bits per heavy atom. The number of hydrogen-bond donors (Lipinski definition) is 2. The zero-order chi connectivity index (χ0) is 15.5. The van der Waals surface area contributed by atoms with Gasteiger partial charge in [-0.3, -0.25) is 4.79 Å². The topological polar surface area (TPSA) is 72.5 Å². The molecule has 0 aliphatic rings. The van der Waals surface area contributed by atoms with E-state index >= 15 is 0 Å². The van der Waals surface area contributed by atoms with E-state index in [1.807, 2.05) is 6.07 Å². The molecule has 4 heteroatoms.